The summed E-state index contributed by atoms with van der Waals surface area (Å²) in [6.45, 7) is 2.90. The Balaban J connectivity index is 2.86. The second kappa shape index (κ2) is 6.99. The molecule has 0 aliphatic rings. The van der Waals surface area contributed by atoms with Crippen molar-refractivity contribution in [3.63, 3.8) is 0 Å². The minimum Gasteiger partial charge on any atom is -0.493 e. The predicted octanol–water partition coefficient (Wildman–Crippen LogP) is 1.62. The van der Waals surface area contributed by atoms with E-state index in [1.54, 1.807) is 14.2 Å². The maximum atomic E-state index is 11.2. The molecule has 5 nitrogen and oxygen atoms in total. The van der Waals surface area contributed by atoms with Crippen molar-refractivity contribution in [3.8, 4) is 11.5 Å². The number of benzene rings is 1. The van der Waals surface area contributed by atoms with Crippen molar-refractivity contribution < 1.29 is 19.0 Å². The highest BCUT2D eigenvalue weighted by molar-refractivity contribution is 5.71. The Morgan fingerprint density at radius 3 is 2.26 bits per heavy atom. The van der Waals surface area contributed by atoms with Crippen LogP contribution in [0.25, 0.3) is 0 Å². The predicted molar refractivity (Wildman–Crippen MR) is 72.6 cm³/mol. The third-order valence-corrected chi connectivity index (χ3v) is 2.91. The van der Waals surface area contributed by atoms with Gasteiger partial charge < -0.3 is 14.2 Å². The third kappa shape index (κ3) is 4.13. The van der Waals surface area contributed by atoms with Crippen LogP contribution in [0.4, 0.5) is 0 Å². The van der Waals surface area contributed by atoms with Crippen LogP contribution in [-0.2, 0) is 16.1 Å². The van der Waals surface area contributed by atoms with Crippen molar-refractivity contribution in [2.45, 2.75) is 13.5 Å². The average Bonchev–Trinajstić information content (AvgIpc) is 2.40. The second-order valence-corrected chi connectivity index (χ2v) is 4.38. The normalized spacial score (nSPS) is 10.4. The zero-order valence-corrected chi connectivity index (χ0v) is 12.1. The van der Waals surface area contributed by atoms with Gasteiger partial charge in [-0.3, -0.25) is 9.69 Å². The number of nitrogens with zero attached hydrogens (tertiary/aromatic N) is 1. The fourth-order valence-corrected chi connectivity index (χ4v) is 1.82. The van der Waals surface area contributed by atoms with Gasteiger partial charge in [-0.05, 0) is 37.2 Å². The number of carbonyl (C=O) groups is 1. The summed E-state index contributed by atoms with van der Waals surface area (Å²) in [7, 11) is 6.47. The van der Waals surface area contributed by atoms with E-state index in [2.05, 4.69) is 4.74 Å². The molecule has 0 atom stereocenters. The molecule has 106 valence electrons. The van der Waals surface area contributed by atoms with Crippen molar-refractivity contribution in [1.82, 2.24) is 4.90 Å². The molecule has 0 heterocycles. The van der Waals surface area contributed by atoms with Crippen molar-refractivity contribution in [1.29, 1.82) is 0 Å². The first-order valence-corrected chi connectivity index (χ1v) is 5.98. The van der Waals surface area contributed by atoms with Crippen LogP contribution in [-0.4, -0.2) is 45.8 Å². The minimum atomic E-state index is -0.249. The maximum absolute atomic E-state index is 11.2. The van der Waals surface area contributed by atoms with Crippen molar-refractivity contribution in [2.24, 2.45) is 0 Å². The van der Waals surface area contributed by atoms with Gasteiger partial charge in [-0.2, -0.15) is 0 Å². The fraction of sp³-hybridized carbons (Fsp3) is 0.500. The number of carbonyl (C=O) groups excluding carboxylic acids is 1. The SMILES string of the molecule is COC(=O)CN(C)Cc1cc(OC)c(OC)cc1C. The van der Waals surface area contributed by atoms with Gasteiger partial charge in [-0.15, -0.1) is 0 Å². The molecule has 1 aromatic carbocycles. The number of hydrogen-bond donors (Lipinski definition) is 0. The summed E-state index contributed by atoms with van der Waals surface area (Å²) in [5, 5.41) is 0. The zero-order valence-electron chi connectivity index (χ0n) is 12.1. The molecule has 0 fully saturated rings. The lowest BCUT2D eigenvalue weighted by Crippen LogP contribution is -2.26. The van der Waals surface area contributed by atoms with Gasteiger partial charge in [0.25, 0.3) is 0 Å². The highest BCUT2D eigenvalue weighted by Gasteiger charge is 2.12. The number of esters is 1. The van der Waals surface area contributed by atoms with Gasteiger partial charge in [0.1, 0.15) is 0 Å². The largest absolute Gasteiger partial charge is 0.493 e. The van der Waals surface area contributed by atoms with E-state index in [1.165, 1.54) is 7.11 Å². The van der Waals surface area contributed by atoms with E-state index in [0.29, 0.717) is 18.0 Å². The molecule has 1 rings (SSSR count). The van der Waals surface area contributed by atoms with Gasteiger partial charge in [-0.25, -0.2) is 0 Å². The van der Waals surface area contributed by atoms with Gasteiger partial charge >= 0.3 is 5.97 Å². The summed E-state index contributed by atoms with van der Waals surface area (Å²) in [5.41, 5.74) is 2.18. The van der Waals surface area contributed by atoms with Gasteiger partial charge in [-0.1, -0.05) is 0 Å². The van der Waals surface area contributed by atoms with E-state index < -0.39 is 0 Å². The van der Waals surface area contributed by atoms with Crippen molar-refractivity contribution in [2.75, 3.05) is 34.9 Å². The number of likely N-dealkylation sites (N-methyl/N-ethyl adjacent to an activating group) is 1. The molecule has 5 heteroatoms. The summed E-state index contributed by atoms with van der Waals surface area (Å²) in [5.74, 6) is 1.15. The highest BCUT2D eigenvalue weighted by Crippen LogP contribution is 2.30. The minimum absolute atomic E-state index is 0.249. The molecule has 0 aromatic heterocycles. The summed E-state index contributed by atoms with van der Waals surface area (Å²) in [6.07, 6.45) is 0. The second-order valence-electron chi connectivity index (χ2n) is 4.38. The third-order valence-electron chi connectivity index (χ3n) is 2.91. The molecule has 0 aliphatic carbocycles. The van der Waals surface area contributed by atoms with E-state index in [4.69, 9.17) is 9.47 Å². The summed E-state index contributed by atoms with van der Waals surface area (Å²) >= 11 is 0. The first-order valence-electron chi connectivity index (χ1n) is 5.98. The molecule has 0 radical (unpaired) electrons. The van der Waals surface area contributed by atoms with E-state index in [-0.39, 0.29) is 12.5 Å². The molecule has 0 unspecified atom stereocenters. The first-order chi connectivity index (χ1) is 9.01. The molecule has 1 aromatic rings. The van der Waals surface area contributed by atoms with Crippen LogP contribution in [0, 0.1) is 6.92 Å². The Labute approximate surface area is 114 Å². The monoisotopic (exact) mass is 267 g/mol. The lowest BCUT2D eigenvalue weighted by atomic mass is 10.1. The highest BCUT2D eigenvalue weighted by atomic mass is 16.5. The van der Waals surface area contributed by atoms with Gasteiger partial charge in [0.05, 0.1) is 27.9 Å². The lowest BCUT2D eigenvalue weighted by molar-refractivity contribution is -0.141. The molecule has 0 amide bonds. The molecular formula is C14H21NO4. The molecule has 19 heavy (non-hydrogen) atoms. The van der Waals surface area contributed by atoms with Crippen molar-refractivity contribution >= 4 is 5.97 Å². The molecular weight excluding hydrogens is 246 g/mol. The molecule has 0 saturated heterocycles. The van der Waals surface area contributed by atoms with Crippen LogP contribution in [0.3, 0.4) is 0 Å². The van der Waals surface area contributed by atoms with Crippen molar-refractivity contribution in [3.05, 3.63) is 23.3 Å². The molecule has 0 saturated carbocycles. The molecule has 0 bridgehead atoms. The van der Waals surface area contributed by atoms with Crippen LogP contribution in [0.15, 0.2) is 12.1 Å². The topological polar surface area (TPSA) is 48.0 Å². The Hall–Kier alpha value is -1.75. The maximum Gasteiger partial charge on any atom is 0.319 e. The van der Waals surface area contributed by atoms with Crippen LogP contribution < -0.4 is 9.47 Å². The number of rotatable bonds is 6. The van der Waals surface area contributed by atoms with Crippen LogP contribution in [0.5, 0.6) is 11.5 Å². The summed E-state index contributed by atoms with van der Waals surface area (Å²) in [6, 6.07) is 3.86. The average molecular weight is 267 g/mol. The van der Waals surface area contributed by atoms with Gasteiger partial charge in [0, 0.05) is 6.54 Å². The van der Waals surface area contributed by atoms with Gasteiger partial charge in [0.2, 0.25) is 0 Å². The summed E-state index contributed by atoms with van der Waals surface area (Å²) in [4.78, 5) is 13.1. The molecule has 0 N–H and O–H groups in total. The quantitative estimate of drug-likeness (QED) is 0.733. The van der Waals surface area contributed by atoms with Gasteiger partial charge in [0.15, 0.2) is 11.5 Å². The Morgan fingerprint density at radius 1 is 1.16 bits per heavy atom. The Bertz CT molecular complexity index is 445. The van der Waals surface area contributed by atoms with E-state index in [0.717, 1.165) is 11.1 Å². The first kappa shape index (κ1) is 15.3. The molecule has 0 aliphatic heterocycles. The van der Waals surface area contributed by atoms with E-state index in [9.17, 15) is 4.79 Å². The van der Waals surface area contributed by atoms with E-state index in [1.807, 2.05) is 31.0 Å². The van der Waals surface area contributed by atoms with Crippen LogP contribution >= 0.6 is 0 Å². The smallest absolute Gasteiger partial charge is 0.319 e. The number of hydrogen-bond acceptors (Lipinski definition) is 5. The lowest BCUT2D eigenvalue weighted by Gasteiger charge is -2.18. The zero-order chi connectivity index (χ0) is 14.4. The van der Waals surface area contributed by atoms with Crippen LogP contribution in [0.2, 0.25) is 0 Å². The van der Waals surface area contributed by atoms with E-state index >= 15 is 0 Å². The fourth-order valence-electron chi connectivity index (χ4n) is 1.82. The summed E-state index contributed by atoms with van der Waals surface area (Å²) < 4.78 is 15.2. The van der Waals surface area contributed by atoms with Crippen LogP contribution in [0.1, 0.15) is 11.1 Å². The Kier molecular flexibility index (Phi) is 5.63. The number of aryl methyl sites for hydroxylation is 1. The number of methoxy groups -OCH3 is 3. The number of ether oxygens (including phenoxy) is 3. The molecule has 0 spiro atoms. The standard InChI is InChI=1S/C14H21NO4/c1-10-6-12(17-3)13(18-4)7-11(10)8-15(2)9-14(16)19-5/h6-7H,8-9H2,1-5H3. The Morgan fingerprint density at radius 2 is 1.74 bits per heavy atom.